The van der Waals surface area contributed by atoms with Crippen LogP contribution < -0.4 is 4.90 Å². The predicted octanol–water partition coefficient (Wildman–Crippen LogP) is 3.13. The fraction of sp³-hybridized carbons (Fsp3) is 0.444. The topological polar surface area (TPSA) is 71.2 Å². The summed E-state index contributed by atoms with van der Waals surface area (Å²) in [6, 6.07) is 4.07. The molecule has 7 nitrogen and oxygen atoms in total. The zero-order chi connectivity index (χ0) is 18.1. The number of piperazine rings is 1. The van der Waals surface area contributed by atoms with Gasteiger partial charge in [-0.05, 0) is 25.1 Å². The van der Waals surface area contributed by atoms with Crippen molar-refractivity contribution in [3.8, 4) is 23.1 Å². The van der Waals surface area contributed by atoms with Crippen LogP contribution in [0.3, 0.4) is 0 Å². The summed E-state index contributed by atoms with van der Waals surface area (Å²) in [6.07, 6.45) is 1.81. The first-order chi connectivity index (χ1) is 12.6. The Kier molecular flexibility index (Phi) is 4.69. The molecule has 0 amide bonds. The van der Waals surface area contributed by atoms with Crippen molar-refractivity contribution in [1.82, 2.24) is 25.0 Å². The van der Waals surface area contributed by atoms with Gasteiger partial charge < -0.3 is 14.3 Å². The Morgan fingerprint density at radius 1 is 1.15 bits per heavy atom. The maximum Gasteiger partial charge on any atom is 0.278 e. The van der Waals surface area contributed by atoms with E-state index in [1.54, 1.807) is 17.5 Å². The van der Waals surface area contributed by atoms with E-state index in [0.29, 0.717) is 17.6 Å². The first-order valence-corrected chi connectivity index (χ1v) is 9.67. The summed E-state index contributed by atoms with van der Waals surface area (Å²) in [5, 5.41) is 4.13. The molecule has 0 spiro atoms. The van der Waals surface area contributed by atoms with Crippen molar-refractivity contribution in [3.63, 3.8) is 0 Å². The number of hydrogen-bond acceptors (Lipinski definition) is 8. The summed E-state index contributed by atoms with van der Waals surface area (Å²) in [6.45, 7) is 8.41. The Morgan fingerprint density at radius 3 is 2.73 bits per heavy atom. The molecule has 8 heteroatoms. The fourth-order valence-corrected chi connectivity index (χ4v) is 3.85. The highest BCUT2D eigenvalue weighted by Gasteiger charge is 2.20. The molecule has 4 rings (SSSR count). The van der Waals surface area contributed by atoms with Gasteiger partial charge in [0.2, 0.25) is 5.82 Å². The molecule has 1 saturated heterocycles. The lowest BCUT2D eigenvalue weighted by atomic mass is 10.1. The number of anilines is 1. The molecule has 0 aromatic carbocycles. The molecule has 0 atom stereocenters. The van der Waals surface area contributed by atoms with Crippen molar-refractivity contribution in [2.24, 2.45) is 0 Å². The number of hydrogen-bond donors (Lipinski definition) is 0. The highest BCUT2D eigenvalue weighted by molar-refractivity contribution is 7.10. The number of pyridine rings is 1. The maximum atomic E-state index is 5.48. The van der Waals surface area contributed by atoms with Crippen LogP contribution in [0.5, 0.6) is 0 Å². The van der Waals surface area contributed by atoms with Crippen LogP contribution in [-0.2, 0) is 0 Å². The summed E-state index contributed by atoms with van der Waals surface area (Å²) in [5.74, 6) is 1.32. The molecule has 1 fully saturated rings. The number of aromatic nitrogens is 4. The van der Waals surface area contributed by atoms with E-state index in [1.807, 2.05) is 17.6 Å². The van der Waals surface area contributed by atoms with E-state index < -0.39 is 0 Å². The highest BCUT2D eigenvalue weighted by atomic mass is 32.1. The molecule has 0 saturated carbocycles. The Morgan fingerprint density at radius 2 is 1.96 bits per heavy atom. The van der Waals surface area contributed by atoms with Crippen LogP contribution in [0, 0.1) is 0 Å². The van der Waals surface area contributed by atoms with Gasteiger partial charge in [0.25, 0.3) is 5.89 Å². The van der Waals surface area contributed by atoms with E-state index in [1.165, 1.54) is 0 Å². The average molecular weight is 370 g/mol. The van der Waals surface area contributed by atoms with Gasteiger partial charge in [-0.1, -0.05) is 19.0 Å². The lowest BCUT2D eigenvalue weighted by molar-refractivity contribution is 0.313. The van der Waals surface area contributed by atoms with Crippen LogP contribution >= 0.6 is 11.3 Å². The number of rotatable bonds is 4. The molecule has 0 radical (unpaired) electrons. The SMILES string of the molecule is CC(C)c1scnc1-c1nc(-c2cc(N3CCN(C)CC3)ccn2)no1. The van der Waals surface area contributed by atoms with Crippen molar-refractivity contribution < 1.29 is 4.52 Å². The third-order valence-electron chi connectivity index (χ3n) is 4.59. The lowest BCUT2D eigenvalue weighted by Crippen LogP contribution is -2.44. The Bertz CT molecular complexity index is 881. The van der Waals surface area contributed by atoms with E-state index in [0.717, 1.165) is 48.1 Å². The molecule has 3 aromatic heterocycles. The third kappa shape index (κ3) is 3.34. The first kappa shape index (κ1) is 17.1. The van der Waals surface area contributed by atoms with Gasteiger partial charge >= 0.3 is 0 Å². The van der Waals surface area contributed by atoms with E-state index in [9.17, 15) is 0 Å². The summed E-state index contributed by atoms with van der Waals surface area (Å²) < 4.78 is 5.48. The minimum atomic E-state index is 0.367. The average Bonchev–Trinajstić information content (AvgIpc) is 3.32. The quantitative estimate of drug-likeness (QED) is 0.699. The number of thiazole rings is 1. The van der Waals surface area contributed by atoms with Gasteiger partial charge in [0, 0.05) is 42.9 Å². The second kappa shape index (κ2) is 7.13. The molecule has 4 heterocycles. The van der Waals surface area contributed by atoms with Crippen LogP contribution in [0.1, 0.15) is 24.6 Å². The van der Waals surface area contributed by atoms with Crippen LogP contribution in [0.2, 0.25) is 0 Å². The summed E-state index contributed by atoms with van der Waals surface area (Å²) >= 11 is 1.61. The van der Waals surface area contributed by atoms with E-state index in [-0.39, 0.29) is 0 Å². The van der Waals surface area contributed by atoms with E-state index >= 15 is 0 Å². The van der Waals surface area contributed by atoms with E-state index in [4.69, 9.17) is 4.52 Å². The van der Waals surface area contributed by atoms with Gasteiger partial charge in [0.15, 0.2) is 0 Å². The van der Waals surface area contributed by atoms with Gasteiger partial charge in [0.1, 0.15) is 11.4 Å². The molecule has 1 aliphatic rings. The highest BCUT2D eigenvalue weighted by Crippen LogP contribution is 2.31. The molecular formula is C18H22N6OS. The molecule has 0 N–H and O–H groups in total. The second-order valence-corrected chi connectivity index (χ2v) is 7.72. The molecule has 0 unspecified atom stereocenters. The first-order valence-electron chi connectivity index (χ1n) is 8.79. The Hall–Kier alpha value is -2.32. The molecule has 1 aliphatic heterocycles. The zero-order valence-corrected chi connectivity index (χ0v) is 16.0. The Labute approximate surface area is 156 Å². The molecule has 3 aromatic rings. The summed E-state index contributed by atoms with van der Waals surface area (Å²) in [5.41, 5.74) is 4.46. The normalized spacial score (nSPS) is 15.8. The molecule has 0 bridgehead atoms. The van der Waals surface area contributed by atoms with Gasteiger partial charge in [-0.25, -0.2) is 4.98 Å². The molecular weight excluding hydrogens is 348 g/mol. The van der Waals surface area contributed by atoms with Gasteiger partial charge in [-0.2, -0.15) is 4.98 Å². The minimum Gasteiger partial charge on any atom is -0.369 e. The molecule has 26 heavy (non-hydrogen) atoms. The minimum absolute atomic E-state index is 0.367. The monoisotopic (exact) mass is 370 g/mol. The van der Waals surface area contributed by atoms with Gasteiger partial charge in [-0.3, -0.25) is 4.98 Å². The number of likely N-dealkylation sites (N-methyl/N-ethyl adjacent to an activating group) is 1. The van der Waals surface area contributed by atoms with Crippen molar-refractivity contribution >= 4 is 17.0 Å². The van der Waals surface area contributed by atoms with Gasteiger partial charge in [0.05, 0.1) is 5.51 Å². The largest absolute Gasteiger partial charge is 0.369 e. The van der Waals surface area contributed by atoms with Crippen molar-refractivity contribution in [3.05, 3.63) is 28.7 Å². The van der Waals surface area contributed by atoms with Crippen molar-refractivity contribution in [1.29, 1.82) is 0 Å². The van der Waals surface area contributed by atoms with E-state index in [2.05, 4.69) is 50.8 Å². The van der Waals surface area contributed by atoms with Crippen LogP contribution in [0.15, 0.2) is 28.4 Å². The third-order valence-corrected chi connectivity index (χ3v) is 5.72. The maximum absolute atomic E-state index is 5.48. The van der Waals surface area contributed by atoms with Crippen LogP contribution in [0.25, 0.3) is 23.1 Å². The zero-order valence-electron chi connectivity index (χ0n) is 15.2. The second-order valence-electron chi connectivity index (χ2n) is 6.83. The standard InChI is InChI=1S/C18H22N6OS/c1-12(2)16-15(20-11-26-16)18-21-17(22-25-18)14-10-13(4-5-19-14)24-8-6-23(3)7-9-24/h4-5,10-12H,6-9H2,1-3H3. The molecule has 0 aliphatic carbocycles. The summed E-state index contributed by atoms with van der Waals surface area (Å²) in [7, 11) is 2.15. The van der Waals surface area contributed by atoms with Crippen LogP contribution in [0.4, 0.5) is 5.69 Å². The van der Waals surface area contributed by atoms with Crippen molar-refractivity contribution in [2.45, 2.75) is 19.8 Å². The fourth-order valence-electron chi connectivity index (χ4n) is 3.05. The van der Waals surface area contributed by atoms with Crippen molar-refractivity contribution in [2.75, 3.05) is 38.1 Å². The molecule has 136 valence electrons. The lowest BCUT2D eigenvalue weighted by Gasteiger charge is -2.34. The van der Waals surface area contributed by atoms with Gasteiger partial charge in [-0.15, -0.1) is 11.3 Å². The van der Waals surface area contributed by atoms with Crippen LogP contribution in [-0.4, -0.2) is 58.2 Å². The summed E-state index contributed by atoms with van der Waals surface area (Å²) in [4.78, 5) is 19.2. The number of nitrogens with zero attached hydrogens (tertiary/aromatic N) is 6. The smallest absolute Gasteiger partial charge is 0.278 e. The predicted molar refractivity (Wildman–Crippen MR) is 102 cm³/mol. The Balaban J connectivity index is 1.60.